The molecule has 1 aromatic heterocycles. The van der Waals surface area contributed by atoms with Crippen LogP contribution >= 0.6 is 0 Å². The number of nitro benzene ring substituents is 1. The Kier molecular flexibility index (Phi) is 6.74. The third-order valence-electron chi connectivity index (χ3n) is 4.89. The van der Waals surface area contributed by atoms with E-state index in [-0.39, 0.29) is 35.9 Å². The fourth-order valence-corrected chi connectivity index (χ4v) is 3.11. The van der Waals surface area contributed by atoms with Gasteiger partial charge in [-0.2, -0.15) is 0 Å². The summed E-state index contributed by atoms with van der Waals surface area (Å²) in [5.41, 5.74) is 2.05. The zero-order chi connectivity index (χ0) is 22.4. The summed E-state index contributed by atoms with van der Waals surface area (Å²) >= 11 is 0. The van der Waals surface area contributed by atoms with Gasteiger partial charge in [0.2, 0.25) is 0 Å². The molecule has 31 heavy (non-hydrogen) atoms. The highest BCUT2D eigenvalue weighted by atomic mass is 16.6. The summed E-state index contributed by atoms with van der Waals surface area (Å²) in [6, 6.07) is 17.7. The maximum atomic E-state index is 12.9. The third kappa shape index (κ3) is 5.94. The van der Waals surface area contributed by atoms with Crippen LogP contribution in [0, 0.1) is 10.1 Å². The van der Waals surface area contributed by atoms with Crippen LogP contribution in [-0.2, 0) is 23.3 Å². The minimum absolute atomic E-state index is 0.0421. The predicted molar refractivity (Wildman–Crippen MR) is 117 cm³/mol. The number of amides is 1. The molecule has 0 fully saturated rings. The molecule has 7 heteroatoms. The van der Waals surface area contributed by atoms with Crippen molar-refractivity contribution in [2.24, 2.45) is 0 Å². The van der Waals surface area contributed by atoms with Gasteiger partial charge in [0.25, 0.3) is 5.91 Å². The summed E-state index contributed by atoms with van der Waals surface area (Å²) in [6.45, 7) is 6.77. The first kappa shape index (κ1) is 22.1. The lowest BCUT2D eigenvalue weighted by Gasteiger charge is -2.23. The van der Waals surface area contributed by atoms with Crippen molar-refractivity contribution in [2.75, 3.05) is 6.61 Å². The average molecular weight is 422 g/mol. The van der Waals surface area contributed by atoms with Gasteiger partial charge in [0.05, 0.1) is 17.7 Å². The van der Waals surface area contributed by atoms with Crippen molar-refractivity contribution in [3.63, 3.8) is 0 Å². The van der Waals surface area contributed by atoms with E-state index in [1.807, 2.05) is 12.1 Å². The molecule has 0 atom stereocenters. The first-order valence-electron chi connectivity index (χ1n) is 10.00. The number of hydrogen-bond donors (Lipinski definition) is 0. The fourth-order valence-electron chi connectivity index (χ4n) is 3.11. The fraction of sp³-hybridized carbons (Fsp3) is 0.292. The Morgan fingerprint density at radius 1 is 1.03 bits per heavy atom. The smallest absolute Gasteiger partial charge is 0.310 e. The highest BCUT2D eigenvalue weighted by Gasteiger charge is 2.20. The van der Waals surface area contributed by atoms with Crippen molar-refractivity contribution >= 4 is 11.6 Å². The maximum absolute atomic E-state index is 12.9. The number of carbonyl (C=O) groups is 1. The van der Waals surface area contributed by atoms with Crippen molar-refractivity contribution < 1.29 is 18.9 Å². The van der Waals surface area contributed by atoms with Crippen molar-refractivity contribution in [3.8, 4) is 5.75 Å². The largest absolute Gasteiger partial charge is 0.477 e. The van der Waals surface area contributed by atoms with Gasteiger partial charge >= 0.3 is 5.69 Å². The van der Waals surface area contributed by atoms with E-state index in [2.05, 4.69) is 32.9 Å². The van der Waals surface area contributed by atoms with Crippen LogP contribution in [0.25, 0.3) is 0 Å². The number of rotatable bonds is 8. The number of nitrogens with zero attached hydrogens (tertiary/aromatic N) is 2. The topological polar surface area (TPSA) is 85.8 Å². The predicted octanol–water partition coefficient (Wildman–Crippen LogP) is 5.09. The van der Waals surface area contributed by atoms with Gasteiger partial charge in [-0.15, -0.1) is 0 Å². The molecular formula is C24H26N2O5. The summed E-state index contributed by atoms with van der Waals surface area (Å²) in [7, 11) is 0. The van der Waals surface area contributed by atoms with Gasteiger partial charge in [-0.3, -0.25) is 14.9 Å². The van der Waals surface area contributed by atoms with Crippen LogP contribution in [0.3, 0.4) is 0 Å². The van der Waals surface area contributed by atoms with Crippen LogP contribution in [-0.4, -0.2) is 22.3 Å². The summed E-state index contributed by atoms with van der Waals surface area (Å²) in [4.78, 5) is 25.2. The molecule has 0 bridgehead atoms. The third-order valence-corrected chi connectivity index (χ3v) is 4.89. The van der Waals surface area contributed by atoms with Crippen LogP contribution in [0.1, 0.15) is 37.7 Å². The lowest BCUT2D eigenvalue weighted by atomic mass is 9.87. The zero-order valence-electron chi connectivity index (χ0n) is 17.9. The molecular weight excluding hydrogens is 396 g/mol. The molecule has 3 rings (SSSR count). The number of para-hydroxylation sites is 2. The Bertz CT molecular complexity index is 1020. The van der Waals surface area contributed by atoms with Crippen molar-refractivity contribution in [1.82, 2.24) is 4.90 Å². The second kappa shape index (κ2) is 9.47. The molecule has 0 unspecified atom stereocenters. The van der Waals surface area contributed by atoms with Gasteiger partial charge in [-0.25, -0.2) is 0 Å². The number of nitro groups is 1. The minimum atomic E-state index is -0.531. The maximum Gasteiger partial charge on any atom is 0.310 e. The molecule has 2 aromatic carbocycles. The monoisotopic (exact) mass is 422 g/mol. The van der Waals surface area contributed by atoms with Crippen molar-refractivity contribution in [1.29, 1.82) is 0 Å². The second-order valence-electron chi connectivity index (χ2n) is 8.29. The highest BCUT2D eigenvalue weighted by molar-refractivity contribution is 5.78. The van der Waals surface area contributed by atoms with Crippen LogP contribution in [0.5, 0.6) is 5.75 Å². The Morgan fingerprint density at radius 3 is 2.35 bits per heavy atom. The Labute approximate surface area is 181 Å². The van der Waals surface area contributed by atoms with E-state index in [1.54, 1.807) is 35.4 Å². The van der Waals surface area contributed by atoms with Crippen LogP contribution in [0.2, 0.25) is 0 Å². The SMILES string of the molecule is CC(C)(C)c1ccc(CN(Cc2ccco2)C(=O)COc2ccccc2[N+](=O)[O-])cc1. The Hall–Kier alpha value is -3.61. The molecule has 0 aliphatic carbocycles. The molecule has 0 aliphatic rings. The van der Waals surface area contributed by atoms with Gasteiger partial charge in [0.15, 0.2) is 12.4 Å². The number of furan rings is 1. The Morgan fingerprint density at radius 2 is 1.74 bits per heavy atom. The molecule has 0 N–H and O–H groups in total. The molecule has 1 heterocycles. The summed E-state index contributed by atoms with van der Waals surface area (Å²) in [5, 5.41) is 11.2. The van der Waals surface area contributed by atoms with Crippen LogP contribution in [0.4, 0.5) is 5.69 Å². The molecule has 0 aliphatic heterocycles. The van der Waals surface area contributed by atoms with Gasteiger partial charge in [-0.05, 0) is 34.7 Å². The minimum Gasteiger partial charge on any atom is -0.477 e. The second-order valence-corrected chi connectivity index (χ2v) is 8.29. The summed E-state index contributed by atoms with van der Waals surface area (Å²) < 4.78 is 10.9. The summed E-state index contributed by atoms with van der Waals surface area (Å²) in [5.74, 6) is 0.410. The molecule has 162 valence electrons. The molecule has 0 radical (unpaired) electrons. The van der Waals surface area contributed by atoms with Gasteiger partial charge < -0.3 is 14.1 Å². The van der Waals surface area contributed by atoms with Crippen molar-refractivity contribution in [3.05, 3.63) is 93.9 Å². The van der Waals surface area contributed by atoms with E-state index in [1.165, 1.54) is 17.7 Å². The normalized spacial score (nSPS) is 11.2. The number of hydrogen-bond acceptors (Lipinski definition) is 5. The van der Waals surface area contributed by atoms with Crippen LogP contribution in [0.15, 0.2) is 71.3 Å². The molecule has 7 nitrogen and oxygen atoms in total. The zero-order valence-corrected chi connectivity index (χ0v) is 17.9. The number of ether oxygens (including phenoxy) is 1. The highest BCUT2D eigenvalue weighted by Crippen LogP contribution is 2.26. The Balaban J connectivity index is 1.74. The van der Waals surface area contributed by atoms with Gasteiger partial charge in [0, 0.05) is 12.6 Å². The van der Waals surface area contributed by atoms with E-state index in [0.29, 0.717) is 12.3 Å². The molecule has 0 spiro atoms. The average Bonchev–Trinajstić information content (AvgIpc) is 3.24. The first-order chi connectivity index (χ1) is 14.7. The molecule has 1 amide bonds. The number of benzene rings is 2. The molecule has 0 saturated carbocycles. The first-order valence-corrected chi connectivity index (χ1v) is 10.00. The molecule has 3 aromatic rings. The van der Waals surface area contributed by atoms with E-state index in [0.717, 1.165) is 5.56 Å². The number of carbonyl (C=O) groups excluding carboxylic acids is 1. The van der Waals surface area contributed by atoms with E-state index < -0.39 is 4.92 Å². The van der Waals surface area contributed by atoms with Gasteiger partial charge in [-0.1, -0.05) is 57.2 Å². The summed E-state index contributed by atoms with van der Waals surface area (Å²) in [6.07, 6.45) is 1.56. The standard InChI is InChI=1S/C24H26N2O5/c1-24(2,3)19-12-10-18(11-13-19)15-25(16-20-7-6-14-30-20)23(27)17-31-22-9-5-4-8-21(22)26(28)29/h4-14H,15-17H2,1-3H3. The van der Waals surface area contributed by atoms with E-state index >= 15 is 0 Å². The van der Waals surface area contributed by atoms with Crippen LogP contribution < -0.4 is 4.74 Å². The molecule has 0 saturated heterocycles. The van der Waals surface area contributed by atoms with Crippen molar-refractivity contribution in [2.45, 2.75) is 39.3 Å². The van der Waals surface area contributed by atoms with E-state index in [9.17, 15) is 14.9 Å². The lowest BCUT2D eigenvalue weighted by molar-refractivity contribution is -0.385. The van der Waals surface area contributed by atoms with E-state index in [4.69, 9.17) is 9.15 Å². The quantitative estimate of drug-likeness (QED) is 0.373. The van der Waals surface area contributed by atoms with Gasteiger partial charge in [0.1, 0.15) is 5.76 Å². The lowest BCUT2D eigenvalue weighted by Crippen LogP contribution is -2.34.